The number of ether oxygens (including phenoxy) is 1. The third kappa shape index (κ3) is 10.0. The zero-order valence-corrected chi connectivity index (χ0v) is 21.0. The standard InChI is InChI=1S/C28H44N2O4/c1-3-30(4-2)26-14-11-23(12-15-26)10-9-19-34-18-8-6-5-7-17-29-21-28(33)24-13-16-27(32)25(20-24)22-31/h11-16,20,28-29,31-33H,3-10,17-19,21-22H2,1-2H3. The molecule has 0 heterocycles. The van der Waals surface area contributed by atoms with Crippen LogP contribution in [0.3, 0.4) is 0 Å². The van der Waals surface area contributed by atoms with Crippen molar-refractivity contribution in [1.82, 2.24) is 5.32 Å². The molecule has 0 spiro atoms. The molecular formula is C28H44N2O4. The van der Waals surface area contributed by atoms with Gasteiger partial charge >= 0.3 is 0 Å². The largest absolute Gasteiger partial charge is 0.508 e. The normalized spacial score (nSPS) is 12.1. The molecule has 0 amide bonds. The van der Waals surface area contributed by atoms with E-state index in [1.807, 2.05) is 0 Å². The van der Waals surface area contributed by atoms with Gasteiger partial charge in [0.15, 0.2) is 0 Å². The summed E-state index contributed by atoms with van der Waals surface area (Å²) < 4.78 is 5.80. The minimum Gasteiger partial charge on any atom is -0.508 e. The minimum atomic E-state index is -0.653. The number of unbranched alkanes of at least 4 members (excludes halogenated alkanes) is 3. The lowest BCUT2D eigenvalue weighted by Crippen LogP contribution is -2.22. The highest BCUT2D eigenvalue weighted by molar-refractivity contribution is 5.47. The summed E-state index contributed by atoms with van der Waals surface area (Å²) in [6.45, 7) is 9.16. The van der Waals surface area contributed by atoms with Gasteiger partial charge in [0.1, 0.15) is 5.75 Å². The fourth-order valence-electron chi connectivity index (χ4n) is 4.05. The summed E-state index contributed by atoms with van der Waals surface area (Å²) in [5.41, 5.74) is 3.80. The molecule has 2 aromatic rings. The summed E-state index contributed by atoms with van der Waals surface area (Å²) in [4.78, 5) is 2.36. The van der Waals surface area contributed by atoms with Gasteiger partial charge in [0.05, 0.1) is 12.7 Å². The van der Waals surface area contributed by atoms with Gasteiger partial charge in [-0.25, -0.2) is 0 Å². The van der Waals surface area contributed by atoms with Gasteiger partial charge in [0.2, 0.25) is 0 Å². The van der Waals surface area contributed by atoms with Gasteiger partial charge in [0, 0.05) is 44.1 Å². The Balaban J connectivity index is 1.44. The lowest BCUT2D eigenvalue weighted by molar-refractivity contribution is 0.127. The van der Waals surface area contributed by atoms with Gasteiger partial charge in [-0.15, -0.1) is 0 Å². The number of nitrogens with zero attached hydrogens (tertiary/aromatic N) is 1. The molecule has 1 unspecified atom stereocenters. The number of hydrogen-bond acceptors (Lipinski definition) is 6. The number of aryl methyl sites for hydroxylation is 1. The predicted octanol–water partition coefficient (Wildman–Crippen LogP) is 4.56. The summed E-state index contributed by atoms with van der Waals surface area (Å²) in [6.07, 6.45) is 5.89. The second-order valence-electron chi connectivity index (χ2n) is 8.74. The van der Waals surface area contributed by atoms with Gasteiger partial charge in [-0.1, -0.05) is 31.0 Å². The lowest BCUT2D eigenvalue weighted by Gasteiger charge is -2.21. The van der Waals surface area contributed by atoms with Crippen LogP contribution in [-0.4, -0.2) is 54.7 Å². The highest BCUT2D eigenvalue weighted by Gasteiger charge is 2.10. The lowest BCUT2D eigenvalue weighted by atomic mass is 10.1. The van der Waals surface area contributed by atoms with Crippen LogP contribution in [0.25, 0.3) is 0 Å². The highest BCUT2D eigenvalue weighted by Crippen LogP contribution is 2.22. The second kappa shape index (κ2) is 16.5. The van der Waals surface area contributed by atoms with E-state index in [0.717, 1.165) is 71.4 Å². The first kappa shape index (κ1) is 28.1. The minimum absolute atomic E-state index is 0.0519. The predicted molar refractivity (Wildman–Crippen MR) is 139 cm³/mol. The number of anilines is 1. The summed E-state index contributed by atoms with van der Waals surface area (Å²) in [5.74, 6) is 0.0519. The summed E-state index contributed by atoms with van der Waals surface area (Å²) in [5, 5.41) is 32.4. The van der Waals surface area contributed by atoms with Crippen LogP contribution in [0.2, 0.25) is 0 Å². The Morgan fingerprint density at radius 1 is 0.912 bits per heavy atom. The zero-order valence-electron chi connectivity index (χ0n) is 21.0. The molecule has 0 saturated carbocycles. The second-order valence-corrected chi connectivity index (χ2v) is 8.74. The first-order valence-corrected chi connectivity index (χ1v) is 12.8. The van der Waals surface area contributed by atoms with Crippen LogP contribution in [0.4, 0.5) is 5.69 Å². The quantitative estimate of drug-likeness (QED) is 0.238. The molecule has 0 aliphatic heterocycles. The maximum Gasteiger partial charge on any atom is 0.121 e. The van der Waals surface area contributed by atoms with E-state index in [1.54, 1.807) is 12.1 Å². The summed E-state index contributed by atoms with van der Waals surface area (Å²) in [7, 11) is 0. The first-order valence-electron chi connectivity index (χ1n) is 12.8. The molecule has 34 heavy (non-hydrogen) atoms. The number of nitrogens with one attached hydrogen (secondary N) is 1. The summed E-state index contributed by atoms with van der Waals surface area (Å²) >= 11 is 0. The molecule has 1 atom stereocenters. The van der Waals surface area contributed by atoms with Crippen molar-refractivity contribution in [3.63, 3.8) is 0 Å². The average Bonchev–Trinajstić information content (AvgIpc) is 2.86. The van der Waals surface area contributed by atoms with Crippen molar-refractivity contribution in [2.24, 2.45) is 0 Å². The van der Waals surface area contributed by atoms with E-state index in [4.69, 9.17) is 4.74 Å². The SMILES string of the molecule is CCN(CC)c1ccc(CCCOCCCCCCNCC(O)c2ccc(O)c(CO)c2)cc1. The average molecular weight is 473 g/mol. The van der Waals surface area contributed by atoms with E-state index in [0.29, 0.717) is 17.7 Å². The third-order valence-corrected chi connectivity index (χ3v) is 6.21. The van der Waals surface area contributed by atoms with Crippen LogP contribution in [0, 0.1) is 0 Å². The zero-order chi connectivity index (χ0) is 24.6. The van der Waals surface area contributed by atoms with Gasteiger partial charge in [-0.2, -0.15) is 0 Å². The molecule has 0 aliphatic rings. The molecule has 6 heteroatoms. The van der Waals surface area contributed by atoms with Crippen molar-refractivity contribution in [2.45, 2.75) is 65.1 Å². The van der Waals surface area contributed by atoms with Gasteiger partial charge in [-0.3, -0.25) is 0 Å². The van der Waals surface area contributed by atoms with Crippen molar-refractivity contribution in [3.8, 4) is 5.75 Å². The topological polar surface area (TPSA) is 85.2 Å². The molecule has 0 saturated heterocycles. The first-order chi connectivity index (χ1) is 16.6. The van der Waals surface area contributed by atoms with Crippen molar-refractivity contribution < 1.29 is 20.1 Å². The van der Waals surface area contributed by atoms with E-state index < -0.39 is 6.10 Å². The number of phenols is 1. The van der Waals surface area contributed by atoms with Gasteiger partial charge < -0.3 is 30.3 Å². The molecular weight excluding hydrogens is 428 g/mol. The van der Waals surface area contributed by atoms with Crippen LogP contribution in [0.1, 0.15) is 68.7 Å². The molecule has 0 aromatic heterocycles. The Kier molecular flexibility index (Phi) is 13.6. The highest BCUT2D eigenvalue weighted by atomic mass is 16.5. The molecule has 0 bridgehead atoms. The van der Waals surface area contributed by atoms with E-state index in [1.165, 1.54) is 17.3 Å². The molecule has 0 aliphatic carbocycles. The van der Waals surface area contributed by atoms with E-state index in [2.05, 4.69) is 48.3 Å². The van der Waals surface area contributed by atoms with Crippen molar-refractivity contribution in [3.05, 3.63) is 59.2 Å². The Hall–Kier alpha value is -2.12. The fourth-order valence-corrected chi connectivity index (χ4v) is 4.05. The van der Waals surface area contributed by atoms with Crippen LogP contribution in [0.5, 0.6) is 5.75 Å². The van der Waals surface area contributed by atoms with E-state index >= 15 is 0 Å². The fraction of sp³-hybridized carbons (Fsp3) is 0.571. The summed E-state index contributed by atoms with van der Waals surface area (Å²) in [6, 6.07) is 13.7. The van der Waals surface area contributed by atoms with Gasteiger partial charge in [0.25, 0.3) is 0 Å². The number of rotatable bonds is 18. The Labute approximate surface area is 205 Å². The van der Waals surface area contributed by atoms with E-state index in [9.17, 15) is 15.3 Å². The number of aliphatic hydroxyl groups excluding tert-OH is 2. The Morgan fingerprint density at radius 3 is 2.32 bits per heavy atom. The molecule has 190 valence electrons. The van der Waals surface area contributed by atoms with Crippen LogP contribution in [0.15, 0.2) is 42.5 Å². The van der Waals surface area contributed by atoms with Crippen LogP contribution < -0.4 is 10.2 Å². The van der Waals surface area contributed by atoms with Crippen molar-refractivity contribution in [2.75, 3.05) is 44.3 Å². The van der Waals surface area contributed by atoms with Crippen LogP contribution in [-0.2, 0) is 17.8 Å². The molecule has 0 fully saturated rings. The number of hydrogen-bond donors (Lipinski definition) is 4. The van der Waals surface area contributed by atoms with Crippen molar-refractivity contribution >= 4 is 5.69 Å². The van der Waals surface area contributed by atoms with Crippen molar-refractivity contribution in [1.29, 1.82) is 0 Å². The number of aliphatic hydroxyl groups is 2. The van der Waals surface area contributed by atoms with Crippen LogP contribution >= 0.6 is 0 Å². The molecule has 4 N–H and O–H groups in total. The molecule has 2 rings (SSSR count). The Morgan fingerprint density at radius 2 is 1.62 bits per heavy atom. The number of benzene rings is 2. The monoisotopic (exact) mass is 472 g/mol. The van der Waals surface area contributed by atoms with E-state index in [-0.39, 0.29) is 12.4 Å². The maximum absolute atomic E-state index is 10.3. The smallest absolute Gasteiger partial charge is 0.121 e. The van der Waals surface area contributed by atoms with Gasteiger partial charge in [-0.05, 0) is 81.5 Å². The Bertz CT molecular complexity index is 793. The third-order valence-electron chi connectivity index (χ3n) is 6.21. The molecule has 6 nitrogen and oxygen atoms in total. The molecule has 2 aromatic carbocycles. The molecule has 0 radical (unpaired) electrons. The maximum atomic E-state index is 10.3. The number of aromatic hydroxyl groups is 1.